The van der Waals surface area contributed by atoms with Crippen LogP contribution in [0.3, 0.4) is 0 Å². The first-order chi connectivity index (χ1) is 7.93. The smallest absolute Gasteiger partial charge is 0.0731 e. The topological polar surface area (TPSA) is 21.7 Å². The zero-order valence-electron chi connectivity index (χ0n) is 9.34. The van der Waals surface area contributed by atoms with Gasteiger partial charge in [-0.15, -0.1) is 0 Å². The van der Waals surface area contributed by atoms with Crippen molar-refractivity contribution in [1.82, 2.24) is 5.06 Å². The molecule has 3 heteroatoms. The largest absolute Gasteiger partial charge is 0.380 e. The van der Waals surface area contributed by atoms with Gasteiger partial charge in [-0.3, -0.25) is 4.84 Å². The first-order valence-electron chi connectivity index (χ1n) is 5.95. The van der Waals surface area contributed by atoms with Gasteiger partial charge >= 0.3 is 0 Å². The minimum Gasteiger partial charge on any atom is -0.380 e. The number of hydrogen-bond acceptors (Lipinski definition) is 3. The van der Waals surface area contributed by atoms with E-state index in [9.17, 15) is 0 Å². The molecular formula is C13H17NO2. The zero-order chi connectivity index (χ0) is 10.8. The molecule has 0 aromatic heterocycles. The molecule has 0 N–H and O–H groups in total. The molecule has 0 radical (unpaired) electrons. The summed E-state index contributed by atoms with van der Waals surface area (Å²) < 4.78 is 5.53. The molecule has 2 aliphatic heterocycles. The van der Waals surface area contributed by atoms with E-state index in [0.717, 1.165) is 32.8 Å². The summed E-state index contributed by atoms with van der Waals surface area (Å²) in [4.78, 5) is 5.76. The zero-order valence-corrected chi connectivity index (χ0v) is 9.34. The number of fused-ring (bicyclic) bond motifs is 1. The third-order valence-corrected chi connectivity index (χ3v) is 3.47. The highest BCUT2D eigenvalue weighted by atomic mass is 16.7. The van der Waals surface area contributed by atoms with Gasteiger partial charge < -0.3 is 4.74 Å². The molecule has 2 atom stereocenters. The molecule has 0 unspecified atom stereocenters. The Bertz CT molecular complexity index is 341. The highest BCUT2D eigenvalue weighted by Crippen LogP contribution is 2.29. The van der Waals surface area contributed by atoms with Crippen LogP contribution < -0.4 is 0 Å². The van der Waals surface area contributed by atoms with Crippen LogP contribution in [0.4, 0.5) is 0 Å². The molecule has 3 nitrogen and oxygen atoms in total. The van der Waals surface area contributed by atoms with Gasteiger partial charge in [0.2, 0.25) is 0 Å². The average molecular weight is 219 g/mol. The van der Waals surface area contributed by atoms with Gasteiger partial charge in [0, 0.05) is 19.1 Å². The van der Waals surface area contributed by atoms with E-state index in [1.807, 2.05) is 6.07 Å². The molecule has 2 fully saturated rings. The first kappa shape index (κ1) is 10.3. The average Bonchev–Trinajstić information content (AvgIpc) is 2.74. The van der Waals surface area contributed by atoms with Gasteiger partial charge in [0.05, 0.1) is 19.3 Å². The number of hydrogen-bond donors (Lipinski definition) is 0. The molecule has 2 saturated heterocycles. The molecule has 3 rings (SSSR count). The summed E-state index contributed by atoms with van der Waals surface area (Å²) in [5.41, 5.74) is 1.30. The van der Waals surface area contributed by atoms with Crippen molar-refractivity contribution in [3.63, 3.8) is 0 Å². The lowest BCUT2D eigenvalue weighted by Crippen LogP contribution is -2.39. The van der Waals surface area contributed by atoms with E-state index in [1.54, 1.807) is 0 Å². The Morgan fingerprint density at radius 1 is 1.19 bits per heavy atom. The Balaban J connectivity index is 1.67. The maximum atomic E-state index is 5.76. The molecule has 16 heavy (non-hydrogen) atoms. The lowest BCUT2D eigenvalue weighted by Gasteiger charge is -2.29. The van der Waals surface area contributed by atoms with Gasteiger partial charge in [-0.25, -0.2) is 0 Å². The minimum atomic E-state index is 0.453. The van der Waals surface area contributed by atoms with Crippen molar-refractivity contribution in [2.24, 2.45) is 5.92 Å². The van der Waals surface area contributed by atoms with E-state index < -0.39 is 0 Å². The summed E-state index contributed by atoms with van der Waals surface area (Å²) >= 11 is 0. The van der Waals surface area contributed by atoms with Crippen LogP contribution in [0.15, 0.2) is 30.3 Å². The van der Waals surface area contributed by atoms with Crippen molar-refractivity contribution < 1.29 is 9.57 Å². The fourth-order valence-electron chi connectivity index (χ4n) is 2.49. The first-order valence-corrected chi connectivity index (χ1v) is 5.95. The maximum absolute atomic E-state index is 5.76. The van der Waals surface area contributed by atoms with Crippen LogP contribution in [0, 0.1) is 5.92 Å². The van der Waals surface area contributed by atoms with Crippen molar-refractivity contribution in [3.05, 3.63) is 35.9 Å². The number of benzene rings is 1. The SMILES string of the molecule is c1ccc(CN2OC[C@H]3CCOC[C@H]32)cc1. The monoisotopic (exact) mass is 219 g/mol. The van der Waals surface area contributed by atoms with Crippen LogP contribution in [0.25, 0.3) is 0 Å². The van der Waals surface area contributed by atoms with Crippen LogP contribution in [0.5, 0.6) is 0 Å². The maximum Gasteiger partial charge on any atom is 0.0731 e. The summed E-state index contributed by atoms with van der Waals surface area (Å²) in [5, 5.41) is 2.10. The molecule has 0 bridgehead atoms. The van der Waals surface area contributed by atoms with E-state index in [1.165, 1.54) is 5.56 Å². The van der Waals surface area contributed by atoms with Crippen molar-refractivity contribution in [2.45, 2.75) is 19.0 Å². The van der Waals surface area contributed by atoms with Crippen LogP contribution in [-0.4, -0.2) is 30.9 Å². The van der Waals surface area contributed by atoms with Gasteiger partial charge in [-0.05, 0) is 12.0 Å². The Morgan fingerprint density at radius 2 is 2.06 bits per heavy atom. The van der Waals surface area contributed by atoms with Crippen molar-refractivity contribution >= 4 is 0 Å². The predicted molar refractivity (Wildman–Crippen MR) is 60.7 cm³/mol. The minimum absolute atomic E-state index is 0.453. The third-order valence-electron chi connectivity index (χ3n) is 3.47. The van der Waals surface area contributed by atoms with E-state index in [4.69, 9.17) is 9.57 Å². The van der Waals surface area contributed by atoms with Gasteiger partial charge in [0.25, 0.3) is 0 Å². The second kappa shape index (κ2) is 4.53. The second-order valence-corrected chi connectivity index (χ2v) is 4.55. The van der Waals surface area contributed by atoms with Crippen LogP contribution >= 0.6 is 0 Å². The van der Waals surface area contributed by atoms with Crippen LogP contribution in [-0.2, 0) is 16.1 Å². The van der Waals surface area contributed by atoms with Crippen molar-refractivity contribution in [1.29, 1.82) is 0 Å². The molecule has 86 valence electrons. The standard InChI is InChI=1S/C13H17NO2/c1-2-4-11(5-3-1)8-14-13-10-15-7-6-12(13)9-16-14/h1-5,12-13H,6-10H2/t12-,13-/m1/s1. The summed E-state index contributed by atoms with van der Waals surface area (Å²) in [5.74, 6) is 0.664. The normalized spacial score (nSPS) is 30.2. The van der Waals surface area contributed by atoms with E-state index in [-0.39, 0.29) is 0 Å². The number of ether oxygens (including phenoxy) is 1. The molecule has 1 aromatic carbocycles. The number of rotatable bonds is 2. The molecule has 0 spiro atoms. The molecule has 0 saturated carbocycles. The van der Waals surface area contributed by atoms with Gasteiger partial charge in [-0.2, -0.15) is 5.06 Å². The third kappa shape index (κ3) is 1.98. The summed E-state index contributed by atoms with van der Waals surface area (Å²) in [7, 11) is 0. The number of hydroxylamine groups is 2. The quantitative estimate of drug-likeness (QED) is 0.757. The van der Waals surface area contributed by atoms with Crippen LogP contribution in [0.1, 0.15) is 12.0 Å². The molecule has 0 amide bonds. The van der Waals surface area contributed by atoms with Gasteiger partial charge in [-0.1, -0.05) is 30.3 Å². The summed E-state index contributed by atoms with van der Waals surface area (Å²) in [6.07, 6.45) is 1.13. The van der Waals surface area contributed by atoms with E-state index >= 15 is 0 Å². The van der Waals surface area contributed by atoms with Gasteiger partial charge in [0.15, 0.2) is 0 Å². The number of nitrogens with zero attached hydrogens (tertiary/aromatic N) is 1. The Labute approximate surface area is 95.9 Å². The Morgan fingerprint density at radius 3 is 2.94 bits per heavy atom. The lowest BCUT2D eigenvalue weighted by atomic mass is 9.97. The molecule has 2 aliphatic rings. The second-order valence-electron chi connectivity index (χ2n) is 4.55. The molecule has 2 heterocycles. The van der Waals surface area contributed by atoms with Crippen molar-refractivity contribution in [2.75, 3.05) is 19.8 Å². The molecule has 1 aromatic rings. The fourth-order valence-corrected chi connectivity index (χ4v) is 2.49. The fraction of sp³-hybridized carbons (Fsp3) is 0.538. The summed E-state index contributed by atoms with van der Waals surface area (Å²) in [6.45, 7) is 3.44. The van der Waals surface area contributed by atoms with E-state index in [0.29, 0.717) is 12.0 Å². The Kier molecular flexibility index (Phi) is 2.91. The predicted octanol–water partition coefficient (Wildman–Crippen LogP) is 1.84. The van der Waals surface area contributed by atoms with Crippen LogP contribution in [0.2, 0.25) is 0 Å². The Hall–Kier alpha value is -0.900. The summed E-state index contributed by atoms with van der Waals surface area (Å²) in [6, 6.07) is 10.9. The molecular weight excluding hydrogens is 202 g/mol. The molecule has 0 aliphatic carbocycles. The highest BCUT2D eigenvalue weighted by Gasteiger charge is 2.37. The highest BCUT2D eigenvalue weighted by molar-refractivity contribution is 5.14. The van der Waals surface area contributed by atoms with Gasteiger partial charge in [0.1, 0.15) is 0 Å². The lowest BCUT2D eigenvalue weighted by molar-refractivity contribution is -0.151. The van der Waals surface area contributed by atoms with Crippen molar-refractivity contribution in [3.8, 4) is 0 Å². The van der Waals surface area contributed by atoms with E-state index in [2.05, 4.69) is 29.3 Å².